The zero-order valence-electron chi connectivity index (χ0n) is 13.2. The second-order valence-corrected chi connectivity index (χ2v) is 7.55. The molecule has 1 heterocycles. The van der Waals surface area contributed by atoms with Crippen molar-refractivity contribution in [3.8, 4) is 0 Å². The molecule has 0 unspecified atom stereocenters. The standard InChI is InChI=1S/C15H15BrN2O5S/c1-9-10(15(20)23-3)5-4-6-13(9)24(21,22)17-12-8-18(2)7-11(16)14(12)19/h4-8,17H,1-3H3. The minimum atomic E-state index is -4.06. The van der Waals surface area contributed by atoms with Crippen LogP contribution < -0.4 is 10.2 Å². The molecular weight excluding hydrogens is 400 g/mol. The molecule has 9 heteroatoms. The van der Waals surface area contributed by atoms with E-state index in [0.29, 0.717) is 0 Å². The Morgan fingerprint density at radius 2 is 1.96 bits per heavy atom. The van der Waals surface area contributed by atoms with Gasteiger partial charge in [0.15, 0.2) is 0 Å². The molecule has 0 spiro atoms. The van der Waals surface area contributed by atoms with Gasteiger partial charge in [0.1, 0.15) is 5.69 Å². The highest BCUT2D eigenvalue weighted by Crippen LogP contribution is 2.22. The molecule has 24 heavy (non-hydrogen) atoms. The molecule has 0 bridgehead atoms. The fourth-order valence-electron chi connectivity index (χ4n) is 2.17. The maximum Gasteiger partial charge on any atom is 0.338 e. The number of nitrogens with one attached hydrogen (secondary N) is 1. The van der Waals surface area contributed by atoms with E-state index in [4.69, 9.17) is 0 Å². The SMILES string of the molecule is COC(=O)c1cccc(S(=O)(=O)Nc2cn(C)cc(Br)c2=O)c1C. The molecule has 1 aromatic carbocycles. The van der Waals surface area contributed by atoms with Crippen molar-refractivity contribution in [3.63, 3.8) is 0 Å². The number of nitrogens with zero attached hydrogens (tertiary/aromatic N) is 1. The molecule has 1 N–H and O–H groups in total. The Morgan fingerprint density at radius 1 is 1.29 bits per heavy atom. The van der Waals surface area contributed by atoms with Gasteiger partial charge in [0.2, 0.25) is 5.43 Å². The van der Waals surface area contributed by atoms with Crippen molar-refractivity contribution in [1.82, 2.24) is 4.57 Å². The zero-order chi connectivity index (χ0) is 18.1. The highest BCUT2D eigenvalue weighted by atomic mass is 79.9. The predicted molar refractivity (Wildman–Crippen MR) is 92.7 cm³/mol. The molecule has 2 aromatic rings. The van der Waals surface area contributed by atoms with Crippen LogP contribution in [0.15, 0.2) is 44.8 Å². The summed E-state index contributed by atoms with van der Waals surface area (Å²) in [5.41, 5.74) is -0.209. The van der Waals surface area contributed by atoms with Crippen LogP contribution in [0.3, 0.4) is 0 Å². The average Bonchev–Trinajstić information content (AvgIpc) is 2.51. The van der Waals surface area contributed by atoms with Gasteiger partial charge in [-0.3, -0.25) is 9.52 Å². The number of rotatable bonds is 4. The largest absolute Gasteiger partial charge is 0.465 e. The number of hydrogen-bond donors (Lipinski definition) is 1. The van der Waals surface area contributed by atoms with Crippen molar-refractivity contribution >= 4 is 37.6 Å². The Morgan fingerprint density at radius 3 is 2.58 bits per heavy atom. The van der Waals surface area contributed by atoms with E-state index in [1.54, 1.807) is 11.6 Å². The summed E-state index contributed by atoms with van der Waals surface area (Å²) in [6.45, 7) is 1.50. The van der Waals surface area contributed by atoms with Gasteiger partial charge < -0.3 is 9.30 Å². The van der Waals surface area contributed by atoms with Gasteiger partial charge >= 0.3 is 5.97 Å². The number of aryl methyl sites for hydroxylation is 1. The first-order valence-corrected chi connectivity index (χ1v) is 9.01. The molecule has 7 nitrogen and oxygen atoms in total. The summed E-state index contributed by atoms with van der Waals surface area (Å²) in [4.78, 5) is 23.7. The van der Waals surface area contributed by atoms with Crippen molar-refractivity contribution < 1.29 is 17.9 Å². The maximum absolute atomic E-state index is 12.6. The third-order valence-electron chi connectivity index (χ3n) is 3.33. The van der Waals surface area contributed by atoms with Crippen LogP contribution in [0.25, 0.3) is 0 Å². The predicted octanol–water partition coefficient (Wildman–Crippen LogP) is 2.04. The molecule has 0 amide bonds. The first-order valence-electron chi connectivity index (χ1n) is 6.74. The number of carbonyl (C=O) groups excluding carboxylic acids is 1. The van der Waals surface area contributed by atoms with Crippen LogP contribution in [-0.4, -0.2) is 26.1 Å². The Bertz CT molecular complexity index is 966. The van der Waals surface area contributed by atoms with Crippen LogP contribution in [0, 0.1) is 6.92 Å². The number of esters is 1. The van der Waals surface area contributed by atoms with Crippen LogP contribution in [-0.2, 0) is 21.8 Å². The smallest absolute Gasteiger partial charge is 0.338 e. The lowest BCUT2D eigenvalue weighted by Gasteiger charge is -2.13. The van der Waals surface area contributed by atoms with E-state index in [2.05, 4.69) is 25.4 Å². The van der Waals surface area contributed by atoms with Crippen LogP contribution >= 0.6 is 15.9 Å². The lowest BCUT2D eigenvalue weighted by Crippen LogP contribution is -2.21. The van der Waals surface area contributed by atoms with Crippen molar-refractivity contribution in [2.75, 3.05) is 11.8 Å². The quantitative estimate of drug-likeness (QED) is 0.772. The number of methoxy groups -OCH3 is 1. The van der Waals surface area contributed by atoms with Gasteiger partial charge in [-0.2, -0.15) is 0 Å². The molecule has 0 saturated carbocycles. The molecule has 2 rings (SSSR count). The highest BCUT2D eigenvalue weighted by molar-refractivity contribution is 9.10. The number of halogens is 1. The summed E-state index contributed by atoms with van der Waals surface area (Å²) in [6, 6.07) is 4.26. The maximum atomic E-state index is 12.6. The van der Waals surface area contributed by atoms with Crippen molar-refractivity contribution in [2.24, 2.45) is 7.05 Å². The monoisotopic (exact) mass is 414 g/mol. The molecule has 0 fully saturated rings. The van der Waals surface area contributed by atoms with E-state index in [1.807, 2.05) is 0 Å². The number of pyridine rings is 1. The first kappa shape index (κ1) is 18.2. The number of carbonyl (C=O) groups is 1. The van der Waals surface area contributed by atoms with Crippen molar-refractivity contribution in [2.45, 2.75) is 11.8 Å². The molecule has 0 aliphatic rings. The fraction of sp³-hybridized carbons (Fsp3) is 0.200. The normalized spacial score (nSPS) is 11.2. The lowest BCUT2D eigenvalue weighted by atomic mass is 10.1. The number of benzene rings is 1. The molecule has 0 radical (unpaired) electrons. The van der Waals surface area contributed by atoms with Gasteiger partial charge in [0.25, 0.3) is 10.0 Å². The van der Waals surface area contributed by atoms with Crippen LogP contribution in [0.1, 0.15) is 15.9 Å². The molecule has 0 atom stereocenters. The summed E-state index contributed by atoms with van der Waals surface area (Å²) >= 11 is 3.09. The molecule has 0 aliphatic heterocycles. The summed E-state index contributed by atoms with van der Waals surface area (Å²) in [5.74, 6) is -0.636. The average molecular weight is 415 g/mol. The summed E-state index contributed by atoms with van der Waals surface area (Å²) in [7, 11) is -1.18. The van der Waals surface area contributed by atoms with Gasteiger partial charge in [-0.1, -0.05) is 6.07 Å². The number of sulfonamides is 1. The van der Waals surface area contributed by atoms with Crippen molar-refractivity contribution in [3.05, 3.63) is 56.4 Å². The minimum absolute atomic E-state index is 0.102. The molecule has 128 valence electrons. The number of aromatic nitrogens is 1. The van der Waals surface area contributed by atoms with Gasteiger partial charge in [0.05, 0.1) is 22.0 Å². The highest BCUT2D eigenvalue weighted by Gasteiger charge is 2.22. The van der Waals surface area contributed by atoms with E-state index in [1.165, 1.54) is 44.6 Å². The lowest BCUT2D eigenvalue weighted by molar-refractivity contribution is 0.0599. The van der Waals surface area contributed by atoms with Crippen LogP contribution in [0.5, 0.6) is 0 Å². The second kappa shape index (κ2) is 6.78. The zero-order valence-corrected chi connectivity index (χ0v) is 15.6. The van der Waals surface area contributed by atoms with E-state index in [9.17, 15) is 18.0 Å². The third-order valence-corrected chi connectivity index (χ3v) is 5.41. The number of anilines is 1. The van der Waals surface area contributed by atoms with Crippen LogP contribution in [0.4, 0.5) is 5.69 Å². The van der Waals surface area contributed by atoms with Gasteiger partial charge in [-0.05, 0) is 40.5 Å². The summed E-state index contributed by atoms with van der Waals surface area (Å²) in [6.07, 6.45) is 2.88. The summed E-state index contributed by atoms with van der Waals surface area (Å²) < 4.78 is 33.9. The number of ether oxygens (including phenoxy) is 1. The fourth-order valence-corrected chi connectivity index (χ4v) is 4.03. The van der Waals surface area contributed by atoms with Gasteiger partial charge in [-0.15, -0.1) is 0 Å². The first-order chi connectivity index (χ1) is 11.2. The van der Waals surface area contributed by atoms with E-state index >= 15 is 0 Å². The Labute approximate surface area is 147 Å². The molecular formula is C15H15BrN2O5S. The van der Waals surface area contributed by atoms with Gasteiger partial charge in [0, 0.05) is 19.4 Å². The van der Waals surface area contributed by atoms with E-state index < -0.39 is 21.4 Å². The van der Waals surface area contributed by atoms with Crippen LogP contribution in [0.2, 0.25) is 0 Å². The Balaban J connectivity index is 2.54. The second-order valence-electron chi connectivity index (χ2n) is 5.04. The molecule has 1 aromatic heterocycles. The Hall–Kier alpha value is -2.13. The topological polar surface area (TPSA) is 94.5 Å². The number of hydrogen-bond acceptors (Lipinski definition) is 5. The molecule has 0 aliphatic carbocycles. The van der Waals surface area contributed by atoms with Gasteiger partial charge in [-0.25, -0.2) is 13.2 Å². The third kappa shape index (κ3) is 3.51. The molecule has 0 saturated heterocycles. The summed E-state index contributed by atoms with van der Waals surface area (Å²) in [5, 5.41) is 0. The van der Waals surface area contributed by atoms with E-state index in [0.717, 1.165) is 0 Å². The minimum Gasteiger partial charge on any atom is -0.465 e. The van der Waals surface area contributed by atoms with Crippen molar-refractivity contribution in [1.29, 1.82) is 0 Å². The Kier molecular flexibility index (Phi) is 5.14. The van der Waals surface area contributed by atoms with E-state index in [-0.39, 0.29) is 26.2 Å².